The number of primary amides is 1. The number of hydrogen-bond acceptors (Lipinski definition) is 3. The van der Waals surface area contributed by atoms with Crippen LogP contribution in [-0.4, -0.2) is 29.7 Å². The second-order valence-electron chi connectivity index (χ2n) is 1.76. The molecule has 0 aromatic carbocycles. The third-order valence-electron chi connectivity index (χ3n) is 0.823. The highest BCUT2D eigenvalue weighted by atomic mass is 16.5. The summed E-state index contributed by atoms with van der Waals surface area (Å²) < 4.78 is 4.49. The van der Waals surface area contributed by atoms with Crippen molar-refractivity contribution in [2.75, 3.05) is 6.61 Å². The number of aliphatic carboxylic acids is 1. The summed E-state index contributed by atoms with van der Waals surface area (Å²) in [7, 11) is 0. The Morgan fingerprint density at radius 2 is 2.20 bits per heavy atom. The molecule has 0 aliphatic rings. The molecule has 0 radical (unpaired) electrons. The summed E-state index contributed by atoms with van der Waals surface area (Å²) in [6.45, 7) is 0.971. The first kappa shape index (κ1) is 8.90. The number of nitrogens with two attached hydrogens (primary N) is 1. The molecule has 0 rings (SSSR count). The molecule has 10 heavy (non-hydrogen) atoms. The largest absolute Gasteiger partial charge is 0.479 e. The van der Waals surface area contributed by atoms with E-state index in [1.807, 2.05) is 0 Å². The number of rotatable bonds is 4. The molecule has 0 bridgehead atoms. The number of ether oxygens (including phenoxy) is 1. The maximum Gasteiger partial charge on any atom is 0.332 e. The standard InChI is InChI=1S/C5H9NO4/c1-3(5(8)9)10-2-4(6)7/h3H,2H2,1H3,(H2,6,7)(H,8,9)/t3-/m1/s1. The molecule has 0 unspecified atom stereocenters. The van der Waals surface area contributed by atoms with Crippen molar-refractivity contribution in [3.63, 3.8) is 0 Å². The molecule has 0 aromatic rings. The van der Waals surface area contributed by atoms with Crippen molar-refractivity contribution >= 4 is 11.9 Å². The number of amides is 1. The van der Waals surface area contributed by atoms with E-state index in [1.165, 1.54) is 6.92 Å². The molecule has 1 atom stereocenters. The Morgan fingerprint density at radius 3 is 2.50 bits per heavy atom. The van der Waals surface area contributed by atoms with Gasteiger partial charge in [0, 0.05) is 0 Å². The lowest BCUT2D eigenvalue weighted by Gasteiger charge is -2.04. The number of carbonyl (C=O) groups is 2. The Kier molecular flexibility index (Phi) is 3.42. The summed E-state index contributed by atoms with van der Waals surface area (Å²) >= 11 is 0. The summed E-state index contributed by atoms with van der Waals surface area (Å²) in [6.07, 6.45) is -0.979. The van der Waals surface area contributed by atoms with Crippen LogP contribution in [0.15, 0.2) is 0 Å². The fourth-order valence-corrected chi connectivity index (χ4v) is 0.278. The third kappa shape index (κ3) is 3.85. The van der Waals surface area contributed by atoms with Gasteiger partial charge in [0.2, 0.25) is 5.91 Å². The van der Waals surface area contributed by atoms with E-state index in [-0.39, 0.29) is 6.61 Å². The Balaban J connectivity index is 3.49. The van der Waals surface area contributed by atoms with Crippen LogP contribution in [0.5, 0.6) is 0 Å². The fourth-order valence-electron chi connectivity index (χ4n) is 0.278. The maximum absolute atomic E-state index is 10.0. The van der Waals surface area contributed by atoms with Crippen LogP contribution in [0.2, 0.25) is 0 Å². The lowest BCUT2D eigenvalue weighted by molar-refractivity contribution is -0.150. The molecule has 5 heteroatoms. The van der Waals surface area contributed by atoms with Gasteiger partial charge in [0.15, 0.2) is 6.10 Å². The van der Waals surface area contributed by atoms with E-state index in [0.717, 1.165) is 0 Å². The molecule has 0 aromatic heterocycles. The second kappa shape index (κ2) is 3.84. The van der Waals surface area contributed by atoms with Crippen LogP contribution in [0.25, 0.3) is 0 Å². The summed E-state index contributed by atoms with van der Waals surface area (Å²) in [5, 5.41) is 8.22. The van der Waals surface area contributed by atoms with Crippen LogP contribution in [0.3, 0.4) is 0 Å². The van der Waals surface area contributed by atoms with E-state index in [1.54, 1.807) is 0 Å². The van der Waals surface area contributed by atoms with Crippen molar-refractivity contribution in [1.82, 2.24) is 0 Å². The van der Waals surface area contributed by atoms with Gasteiger partial charge < -0.3 is 15.6 Å². The first-order chi connectivity index (χ1) is 4.54. The third-order valence-corrected chi connectivity index (χ3v) is 0.823. The van der Waals surface area contributed by atoms with Crippen LogP contribution in [0, 0.1) is 0 Å². The monoisotopic (exact) mass is 147 g/mol. The van der Waals surface area contributed by atoms with Crippen LogP contribution >= 0.6 is 0 Å². The second-order valence-corrected chi connectivity index (χ2v) is 1.76. The Hall–Kier alpha value is -1.10. The van der Waals surface area contributed by atoms with Gasteiger partial charge in [-0.15, -0.1) is 0 Å². The van der Waals surface area contributed by atoms with Gasteiger partial charge in [0.1, 0.15) is 6.61 Å². The zero-order valence-electron chi connectivity index (χ0n) is 5.53. The van der Waals surface area contributed by atoms with Gasteiger partial charge in [-0.25, -0.2) is 4.79 Å². The summed E-state index contributed by atoms with van der Waals surface area (Å²) in [6, 6.07) is 0. The highest BCUT2D eigenvalue weighted by Gasteiger charge is 2.11. The molecule has 0 aliphatic carbocycles. The fraction of sp³-hybridized carbons (Fsp3) is 0.600. The molecule has 0 spiro atoms. The Bertz CT molecular complexity index is 145. The van der Waals surface area contributed by atoms with Crippen LogP contribution in [0.1, 0.15) is 6.92 Å². The summed E-state index contributed by atoms with van der Waals surface area (Å²) in [5.41, 5.74) is 4.68. The van der Waals surface area contributed by atoms with Crippen molar-refractivity contribution in [2.45, 2.75) is 13.0 Å². The quantitative estimate of drug-likeness (QED) is 0.531. The van der Waals surface area contributed by atoms with E-state index in [9.17, 15) is 9.59 Å². The van der Waals surface area contributed by atoms with E-state index in [0.29, 0.717) is 0 Å². The Labute approximate surface area is 57.8 Å². The van der Waals surface area contributed by atoms with Gasteiger partial charge in [-0.3, -0.25) is 4.79 Å². The number of carboxylic acids is 1. The summed E-state index contributed by atoms with van der Waals surface area (Å²) in [5.74, 6) is -1.78. The van der Waals surface area contributed by atoms with Crippen molar-refractivity contribution in [2.24, 2.45) is 5.73 Å². The van der Waals surface area contributed by atoms with Gasteiger partial charge in [-0.2, -0.15) is 0 Å². The lowest BCUT2D eigenvalue weighted by atomic mass is 10.4. The van der Waals surface area contributed by atoms with Gasteiger partial charge in [-0.05, 0) is 6.92 Å². The number of hydrogen-bond donors (Lipinski definition) is 2. The van der Waals surface area contributed by atoms with E-state index < -0.39 is 18.0 Å². The molecule has 0 heterocycles. The Morgan fingerprint density at radius 1 is 1.70 bits per heavy atom. The van der Waals surface area contributed by atoms with Gasteiger partial charge in [-0.1, -0.05) is 0 Å². The number of carbonyl (C=O) groups excluding carboxylic acids is 1. The van der Waals surface area contributed by atoms with E-state index in [4.69, 9.17) is 5.11 Å². The zero-order valence-corrected chi connectivity index (χ0v) is 5.53. The van der Waals surface area contributed by atoms with Gasteiger partial charge in [0.25, 0.3) is 0 Å². The molecular formula is C5H9NO4. The van der Waals surface area contributed by atoms with Crippen LogP contribution < -0.4 is 5.73 Å². The molecule has 1 amide bonds. The molecule has 58 valence electrons. The molecule has 0 saturated carbocycles. The highest BCUT2D eigenvalue weighted by Crippen LogP contribution is 1.88. The maximum atomic E-state index is 10.0. The molecule has 0 fully saturated rings. The summed E-state index contributed by atoms with van der Waals surface area (Å²) in [4.78, 5) is 20.1. The molecule has 0 saturated heterocycles. The van der Waals surface area contributed by atoms with Crippen molar-refractivity contribution < 1.29 is 19.4 Å². The lowest BCUT2D eigenvalue weighted by Crippen LogP contribution is -2.26. The minimum absolute atomic E-state index is 0.354. The molecule has 0 aliphatic heterocycles. The predicted molar refractivity (Wildman–Crippen MR) is 32.2 cm³/mol. The van der Waals surface area contributed by atoms with E-state index >= 15 is 0 Å². The average Bonchev–Trinajstić information content (AvgIpc) is 1.82. The van der Waals surface area contributed by atoms with Crippen molar-refractivity contribution in [3.05, 3.63) is 0 Å². The molecule has 3 N–H and O–H groups in total. The topological polar surface area (TPSA) is 89.6 Å². The molecule has 5 nitrogen and oxygen atoms in total. The van der Waals surface area contributed by atoms with Gasteiger partial charge >= 0.3 is 5.97 Å². The minimum Gasteiger partial charge on any atom is -0.479 e. The van der Waals surface area contributed by atoms with Crippen LogP contribution in [-0.2, 0) is 14.3 Å². The molecular weight excluding hydrogens is 138 g/mol. The van der Waals surface area contributed by atoms with Gasteiger partial charge in [0.05, 0.1) is 0 Å². The van der Waals surface area contributed by atoms with Crippen molar-refractivity contribution in [3.8, 4) is 0 Å². The SMILES string of the molecule is C[C@@H](OCC(N)=O)C(=O)O. The normalized spacial score (nSPS) is 12.5. The van der Waals surface area contributed by atoms with Crippen LogP contribution in [0.4, 0.5) is 0 Å². The number of carboxylic acid groups (broad SMARTS) is 1. The predicted octanol–water partition coefficient (Wildman–Crippen LogP) is -1.04. The van der Waals surface area contributed by atoms with E-state index in [2.05, 4.69) is 10.5 Å². The van der Waals surface area contributed by atoms with Crippen molar-refractivity contribution in [1.29, 1.82) is 0 Å². The smallest absolute Gasteiger partial charge is 0.332 e. The zero-order chi connectivity index (χ0) is 8.15. The minimum atomic E-state index is -1.11. The first-order valence-corrected chi connectivity index (χ1v) is 2.66. The first-order valence-electron chi connectivity index (χ1n) is 2.66. The highest BCUT2D eigenvalue weighted by molar-refractivity contribution is 5.76. The average molecular weight is 147 g/mol.